The molecule has 2 rings (SSSR count). The third kappa shape index (κ3) is 2.25. The summed E-state index contributed by atoms with van der Waals surface area (Å²) < 4.78 is 13.1. The normalized spacial score (nSPS) is 10.4. The minimum atomic E-state index is -0.430. The summed E-state index contributed by atoms with van der Waals surface area (Å²) in [6.07, 6.45) is 0. The Balaban J connectivity index is 2.27. The zero-order valence-corrected chi connectivity index (χ0v) is 10.5. The highest BCUT2D eigenvalue weighted by Crippen LogP contribution is 2.17. The van der Waals surface area contributed by atoms with Gasteiger partial charge in [-0.05, 0) is 38.5 Å². The second-order valence-corrected chi connectivity index (χ2v) is 4.24. The van der Waals surface area contributed by atoms with Gasteiger partial charge in [-0.25, -0.2) is 4.39 Å². The summed E-state index contributed by atoms with van der Waals surface area (Å²) >= 11 is 0. The second kappa shape index (κ2) is 4.60. The Morgan fingerprint density at radius 1 is 1.33 bits per heavy atom. The molecular formula is C13H14FN3O. The van der Waals surface area contributed by atoms with Gasteiger partial charge in [-0.1, -0.05) is 6.07 Å². The number of aromatic amines is 1. The van der Waals surface area contributed by atoms with Gasteiger partial charge in [0.25, 0.3) is 5.91 Å². The number of amides is 1. The Bertz CT molecular complexity index is 604. The van der Waals surface area contributed by atoms with Crippen LogP contribution in [0.1, 0.15) is 27.2 Å². The molecule has 0 spiro atoms. The van der Waals surface area contributed by atoms with Crippen LogP contribution in [0.4, 0.5) is 10.2 Å². The van der Waals surface area contributed by atoms with Gasteiger partial charge in [0.2, 0.25) is 0 Å². The van der Waals surface area contributed by atoms with Crippen molar-refractivity contribution in [1.82, 2.24) is 10.2 Å². The van der Waals surface area contributed by atoms with Gasteiger partial charge in [0, 0.05) is 16.8 Å². The van der Waals surface area contributed by atoms with Crippen molar-refractivity contribution in [2.45, 2.75) is 20.8 Å². The standard InChI is InChI=1S/C13H14FN3O/c1-7-4-5-10(14)6-11(7)13(18)15-12-8(2)9(3)16-17-12/h4-6H,1-3H3,(H2,15,16,17,18). The number of rotatable bonds is 2. The molecule has 0 aliphatic carbocycles. The maximum atomic E-state index is 13.1. The molecule has 0 aliphatic rings. The van der Waals surface area contributed by atoms with E-state index in [1.54, 1.807) is 13.0 Å². The molecule has 0 bridgehead atoms. The molecule has 0 radical (unpaired) electrons. The van der Waals surface area contributed by atoms with Crippen molar-refractivity contribution in [2.75, 3.05) is 5.32 Å². The third-order valence-electron chi connectivity index (χ3n) is 2.93. The van der Waals surface area contributed by atoms with Gasteiger partial charge >= 0.3 is 0 Å². The lowest BCUT2D eigenvalue weighted by molar-refractivity contribution is 0.102. The molecule has 94 valence electrons. The van der Waals surface area contributed by atoms with Crippen molar-refractivity contribution in [3.8, 4) is 0 Å². The van der Waals surface area contributed by atoms with Crippen molar-refractivity contribution < 1.29 is 9.18 Å². The molecule has 1 heterocycles. The summed E-state index contributed by atoms with van der Waals surface area (Å²) in [5.41, 5.74) is 2.80. The van der Waals surface area contributed by atoms with Crippen molar-refractivity contribution in [1.29, 1.82) is 0 Å². The number of nitrogens with zero attached hydrogens (tertiary/aromatic N) is 1. The average Bonchev–Trinajstić information content (AvgIpc) is 2.64. The Kier molecular flexibility index (Phi) is 3.14. The molecule has 0 saturated carbocycles. The Morgan fingerprint density at radius 3 is 2.67 bits per heavy atom. The number of aromatic nitrogens is 2. The third-order valence-corrected chi connectivity index (χ3v) is 2.93. The summed E-state index contributed by atoms with van der Waals surface area (Å²) in [7, 11) is 0. The lowest BCUT2D eigenvalue weighted by Crippen LogP contribution is -2.14. The van der Waals surface area contributed by atoms with E-state index in [0.717, 1.165) is 16.8 Å². The predicted molar refractivity (Wildman–Crippen MR) is 67.2 cm³/mol. The summed E-state index contributed by atoms with van der Waals surface area (Å²) in [6.45, 7) is 5.48. The molecule has 5 heteroatoms. The van der Waals surface area contributed by atoms with Crippen LogP contribution in [0.3, 0.4) is 0 Å². The van der Waals surface area contributed by atoms with E-state index < -0.39 is 5.82 Å². The summed E-state index contributed by atoms with van der Waals surface area (Å²) in [6, 6.07) is 4.13. The summed E-state index contributed by atoms with van der Waals surface area (Å²) in [4.78, 5) is 12.0. The van der Waals surface area contributed by atoms with Crippen LogP contribution in [-0.2, 0) is 0 Å². The summed E-state index contributed by atoms with van der Waals surface area (Å²) in [5.74, 6) is -0.316. The molecule has 0 fully saturated rings. The van der Waals surface area contributed by atoms with E-state index in [1.807, 2.05) is 13.8 Å². The highest BCUT2D eigenvalue weighted by atomic mass is 19.1. The van der Waals surface area contributed by atoms with Crippen LogP contribution in [0.15, 0.2) is 18.2 Å². The average molecular weight is 247 g/mol. The fraction of sp³-hybridized carbons (Fsp3) is 0.231. The van der Waals surface area contributed by atoms with Gasteiger partial charge in [-0.2, -0.15) is 5.10 Å². The molecule has 0 atom stereocenters. The Labute approximate surface area is 104 Å². The SMILES string of the molecule is Cc1ccc(F)cc1C(=O)Nc1n[nH]c(C)c1C. The number of hydrogen-bond acceptors (Lipinski definition) is 2. The second-order valence-electron chi connectivity index (χ2n) is 4.24. The molecular weight excluding hydrogens is 233 g/mol. The highest BCUT2D eigenvalue weighted by Gasteiger charge is 2.13. The first-order valence-corrected chi connectivity index (χ1v) is 5.58. The maximum Gasteiger partial charge on any atom is 0.257 e. The van der Waals surface area contributed by atoms with Crippen LogP contribution in [0.25, 0.3) is 0 Å². The van der Waals surface area contributed by atoms with Crippen molar-refractivity contribution in [3.05, 3.63) is 46.4 Å². The molecule has 0 aliphatic heterocycles. The summed E-state index contributed by atoms with van der Waals surface area (Å²) in [5, 5.41) is 9.43. The maximum absolute atomic E-state index is 13.1. The number of hydrogen-bond donors (Lipinski definition) is 2. The van der Waals surface area contributed by atoms with E-state index >= 15 is 0 Å². The topological polar surface area (TPSA) is 57.8 Å². The molecule has 4 nitrogen and oxygen atoms in total. The van der Waals surface area contributed by atoms with Crippen LogP contribution >= 0.6 is 0 Å². The van der Waals surface area contributed by atoms with Gasteiger partial charge in [-0.15, -0.1) is 0 Å². The molecule has 2 N–H and O–H groups in total. The lowest BCUT2D eigenvalue weighted by Gasteiger charge is -2.06. The van der Waals surface area contributed by atoms with Gasteiger partial charge in [-0.3, -0.25) is 9.89 Å². The van der Waals surface area contributed by atoms with Crippen LogP contribution < -0.4 is 5.32 Å². The van der Waals surface area contributed by atoms with Crippen molar-refractivity contribution in [2.24, 2.45) is 0 Å². The van der Waals surface area contributed by atoms with E-state index in [0.29, 0.717) is 11.4 Å². The fourth-order valence-corrected chi connectivity index (χ4v) is 1.62. The van der Waals surface area contributed by atoms with Gasteiger partial charge in [0.15, 0.2) is 5.82 Å². The monoisotopic (exact) mass is 247 g/mol. The molecule has 0 unspecified atom stereocenters. The number of benzene rings is 1. The molecule has 0 saturated heterocycles. The van der Waals surface area contributed by atoms with Gasteiger partial charge in [0.1, 0.15) is 5.82 Å². The predicted octanol–water partition coefficient (Wildman–Crippen LogP) is 2.73. The first kappa shape index (κ1) is 12.3. The number of H-pyrrole nitrogens is 1. The number of carbonyl (C=O) groups excluding carboxylic acids is 1. The van der Waals surface area contributed by atoms with E-state index in [-0.39, 0.29) is 5.91 Å². The van der Waals surface area contributed by atoms with Crippen LogP contribution in [0.5, 0.6) is 0 Å². The van der Waals surface area contributed by atoms with Crippen LogP contribution in [0.2, 0.25) is 0 Å². The van der Waals surface area contributed by atoms with Crippen LogP contribution in [-0.4, -0.2) is 16.1 Å². The molecule has 18 heavy (non-hydrogen) atoms. The van der Waals surface area contributed by atoms with Crippen molar-refractivity contribution in [3.63, 3.8) is 0 Å². The number of carbonyl (C=O) groups is 1. The van der Waals surface area contributed by atoms with E-state index in [9.17, 15) is 9.18 Å². The minimum Gasteiger partial charge on any atom is -0.305 e. The number of aryl methyl sites for hydroxylation is 2. The zero-order valence-electron chi connectivity index (χ0n) is 10.5. The van der Waals surface area contributed by atoms with E-state index in [1.165, 1.54) is 12.1 Å². The van der Waals surface area contributed by atoms with E-state index in [2.05, 4.69) is 15.5 Å². The smallest absolute Gasteiger partial charge is 0.257 e. The number of halogens is 1. The molecule has 1 amide bonds. The number of nitrogens with one attached hydrogen (secondary N) is 2. The fourth-order valence-electron chi connectivity index (χ4n) is 1.62. The molecule has 1 aromatic heterocycles. The first-order valence-electron chi connectivity index (χ1n) is 5.58. The lowest BCUT2D eigenvalue weighted by atomic mass is 10.1. The Morgan fingerprint density at radius 2 is 2.06 bits per heavy atom. The molecule has 1 aromatic carbocycles. The van der Waals surface area contributed by atoms with Crippen LogP contribution in [0, 0.1) is 26.6 Å². The quantitative estimate of drug-likeness (QED) is 0.857. The first-order chi connectivity index (χ1) is 8.49. The van der Waals surface area contributed by atoms with Gasteiger partial charge < -0.3 is 5.32 Å². The largest absolute Gasteiger partial charge is 0.305 e. The van der Waals surface area contributed by atoms with Crippen molar-refractivity contribution >= 4 is 11.7 Å². The molecule has 2 aromatic rings. The minimum absolute atomic E-state index is 0.315. The number of anilines is 1. The Hall–Kier alpha value is -2.17. The van der Waals surface area contributed by atoms with Gasteiger partial charge in [0.05, 0.1) is 0 Å². The zero-order chi connectivity index (χ0) is 13.3. The van der Waals surface area contributed by atoms with E-state index in [4.69, 9.17) is 0 Å². The highest BCUT2D eigenvalue weighted by molar-refractivity contribution is 6.05.